The maximum Gasteiger partial charge on any atom is 0.255 e. The lowest BCUT2D eigenvalue weighted by Gasteiger charge is -2.23. The van der Waals surface area contributed by atoms with Gasteiger partial charge >= 0.3 is 0 Å². The normalized spacial score (nSPS) is 11.3. The van der Waals surface area contributed by atoms with E-state index in [1.807, 2.05) is 42.5 Å². The van der Waals surface area contributed by atoms with Crippen LogP contribution in [0.1, 0.15) is 42.3 Å². The van der Waals surface area contributed by atoms with Gasteiger partial charge in [-0.3, -0.25) is 4.79 Å². The third kappa shape index (κ3) is 3.95. The summed E-state index contributed by atoms with van der Waals surface area (Å²) in [5, 5.41) is 3.01. The van der Waals surface area contributed by atoms with Gasteiger partial charge in [0, 0.05) is 18.4 Å². The first-order valence-electron chi connectivity index (χ1n) is 7.40. The summed E-state index contributed by atoms with van der Waals surface area (Å²) in [5.41, 5.74) is 3.66. The van der Waals surface area contributed by atoms with E-state index in [0.717, 1.165) is 16.8 Å². The highest BCUT2D eigenvalue weighted by Gasteiger charge is 2.18. The monoisotopic (exact) mass is 297 g/mol. The molecule has 22 heavy (non-hydrogen) atoms. The molecule has 1 amide bonds. The number of nitrogens with one attached hydrogen (secondary N) is 1. The number of methoxy groups -OCH3 is 1. The van der Waals surface area contributed by atoms with E-state index in [4.69, 9.17) is 4.74 Å². The van der Waals surface area contributed by atoms with Crippen LogP contribution >= 0.6 is 0 Å². The Morgan fingerprint density at radius 1 is 1.05 bits per heavy atom. The molecule has 0 saturated carbocycles. The SMILES string of the molecule is COCc1ccc(C(=O)Nc2ccccc2C(C)(C)C)cc1. The van der Waals surface area contributed by atoms with Crippen molar-refractivity contribution in [3.8, 4) is 0 Å². The molecule has 2 aromatic carbocycles. The fraction of sp³-hybridized carbons (Fsp3) is 0.316. The van der Waals surface area contributed by atoms with Crippen molar-refractivity contribution in [2.45, 2.75) is 32.8 Å². The fourth-order valence-corrected chi connectivity index (χ4v) is 2.36. The second-order valence-corrected chi connectivity index (χ2v) is 6.38. The highest BCUT2D eigenvalue weighted by Crippen LogP contribution is 2.29. The van der Waals surface area contributed by atoms with Crippen molar-refractivity contribution in [3.05, 3.63) is 65.2 Å². The van der Waals surface area contributed by atoms with Crippen LogP contribution in [-0.4, -0.2) is 13.0 Å². The first kappa shape index (κ1) is 16.2. The molecule has 0 bridgehead atoms. The molecule has 2 rings (SSSR count). The summed E-state index contributed by atoms with van der Waals surface area (Å²) < 4.78 is 5.08. The molecule has 116 valence electrons. The standard InChI is InChI=1S/C19H23NO2/c1-19(2,3)16-7-5-6-8-17(16)20-18(21)15-11-9-14(10-12-15)13-22-4/h5-12H,13H2,1-4H3,(H,20,21). The Balaban J connectivity index is 2.19. The smallest absolute Gasteiger partial charge is 0.255 e. The Bertz CT molecular complexity index is 639. The Morgan fingerprint density at radius 2 is 1.68 bits per heavy atom. The minimum atomic E-state index is -0.0966. The molecule has 0 aromatic heterocycles. The van der Waals surface area contributed by atoms with Gasteiger partial charge in [0.2, 0.25) is 0 Å². The van der Waals surface area contributed by atoms with Gasteiger partial charge in [-0.15, -0.1) is 0 Å². The van der Waals surface area contributed by atoms with E-state index in [1.165, 1.54) is 0 Å². The van der Waals surface area contributed by atoms with E-state index in [-0.39, 0.29) is 11.3 Å². The van der Waals surface area contributed by atoms with Gasteiger partial charge in [-0.1, -0.05) is 51.1 Å². The van der Waals surface area contributed by atoms with Crippen molar-refractivity contribution in [2.75, 3.05) is 12.4 Å². The summed E-state index contributed by atoms with van der Waals surface area (Å²) in [5.74, 6) is -0.0966. The lowest BCUT2D eigenvalue weighted by Crippen LogP contribution is -2.18. The van der Waals surface area contributed by atoms with Crippen molar-refractivity contribution in [3.63, 3.8) is 0 Å². The molecule has 0 heterocycles. The summed E-state index contributed by atoms with van der Waals surface area (Å²) in [6, 6.07) is 15.4. The van der Waals surface area contributed by atoms with Crippen LogP contribution in [0.2, 0.25) is 0 Å². The minimum Gasteiger partial charge on any atom is -0.380 e. The van der Waals surface area contributed by atoms with Crippen molar-refractivity contribution in [1.29, 1.82) is 0 Å². The molecule has 3 nitrogen and oxygen atoms in total. The van der Waals surface area contributed by atoms with Gasteiger partial charge in [0.05, 0.1) is 6.61 Å². The van der Waals surface area contributed by atoms with Crippen LogP contribution in [0, 0.1) is 0 Å². The molecule has 0 radical (unpaired) electrons. The van der Waals surface area contributed by atoms with Gasteiger partial charge in [0.1, 0.15) is 0 Å². The van der Waals surface area contributed by atoms with Gasteiger partial charge in [-0.2, -0.15) is 0 Å². The van der Waals surface area contributed by atoms with E-state index >= 15 is 0 Å². The van der Waals surface area contributed by atoms with E-state index in [1.54, 1.807) is 7.11 Å². The quantitative estimate of drug-likeness (QED) is 0.909. The number of carbonyl (C=O) groups is 1. The second kappa shape index (κ2) is 6.75. The lowest BCUT2D eigenvalue weighted by molar-refractivity contribution is 0.102. The highest BCUT2D eigenvalue weighted by atomic mass is 16.5. The Kier molecular flexibility index (Phi) is 4.99. The fourth-order valence-electron chi connectivity index (χ4n) is 2.36. The van der Waals surface area contributed by atoms with E-state index in [2.05, 4.69) is 32.2 Å². The van der Waals surface area contributed by atoms with Crippen LogP contribution in [0.25, 0.3) is 0 Å². The number of carbonyl (C=O) groups excluding carboxylic acids is 1. The number of benzene rings is 2. The first-order valence-corrected chi connectivity index (χ1v) is 7.40. The first-order chi connectivity index (χ1) is 10.4. The van der Waals surface area contributed by atoms with Crippen LogP contribution in [0.15, 0.2) is 48.5 Å². The molecule has 0 aliphatic heterocycles. The topological polar surface area (TPSA) is 38.3 Å². The van der Waals surface area contributed by atoms with Gasteiger partial charge in [-0.25, -0.2) is 0 Å². The van der Waals surface area contributed by atoms with Gasteiger partial charge < -0.3 is 10.1 Å². The molecule has 0 spiro atoms. The number of hydrogen-bond acceptors (Lipinski definition) is 2. The number of rotatable bonds is 4. The third-order valence-electron chi connectivity index (χ3n) is 3.51. The molecular weight excluding hydrogens is 274 g/mol. The summed E-state index contributed by atoms with van der Waals surface area (Å²) in [4.78, 5) is 12.4. The Labute approximate surface area is 132 Å². The molecule has 0 atom stereocenters. The summed E-state index contributed by atoms with van der Waals surface area (Å²) in [6.45, 7) is 6.96. The zero-order valence-corrected chi connectivity index (χ0v) is 13.6. The predicted molar refractivity (Wildman–Crippen MR) is 90.3 cm³/mol. The number of ether oxygens (including phenoxy) is 1. The Morgan fingerprint density at radius 3 is 2.27 bits per heavy atom. The van der Waals surface area contributed by atoms with E-state index in [0.29, 0.717) is 12.2 Å². The van der Waals surface area contributed by atoms with Gasteiger partial charge in [0.15, 0.2) is 0 Å². The lowest BCUT2D eigenvalue weighted by atomic mass is 9.86. The third-order valence-corrected chi connectivity index (χ3v) is 3.51. The maximum absolute atomic E-state index is 12.4. The van der Waals surface area contributed by atoms with Crippen LogP contribution in [0.5, 0.6) is 0 Å². The largest absolute Gasteiger partial charge is 0.380 e. The van der Waals surface area contributed by atoms with Crippen molar-refractivity contribution in [1.82, 2.24) is 0 Å². The average Bonchev–Trinajstić information content (AvgIpc) is 2.48. The summed E-state index contributed by atoms with van der Waals surface area (Å²) in [7, 11) is 1.66. The zero-order valence-electron chi connectivity index (χ0n) is 13.6. The number of hydrogen-bond donors (Lipinski definition) is 1. The van der Waals surface area contributed by atoms with Crippen molar-refractivity contribution in [2.24, 2.45) is 0 Å². The Hall–Kier alpha value is -2.13. The van der Waals surface area contributed by atoms with Crippen LogP contribution in [0.4, 0.5) is 5.69 Å². The van der Waals surface area contributed by atoms with Crippen molar-refractivity contribution >= 4 is 11.6 Å². The average molecular weight is 297 g/mol. The molecular formula is C19H23NO2. The van der Waals surface area contributed by atoms with Crippen LogP contribution in [0.3, 0.4) is 0 Å². The maximum atomic E-state index is 12.4. The summed E-state index contributed by atoms with van der Waals surface area (Å²) >= 11 is 0. The van der Waals surface area contributed by atoms with Gasteiger partial charge in [0.25, 0.3) is 5.91 Å². The molecule has 3 heteroatoms. The zero-order chi connectivity index (χ0) is 16.2. The summed E-state index contributed by atoms with van der Waals surface area (Å²) in [6.07, 6.45) is 0. The molecule has 0 aliphatic carbocycles. The molecule has 2 aromatic rings. The molecule has 0 saturated heterocycles. The number of anilines is 1. The number of amides is 1. The molecule has 1 N–H and O–H groups in total. The predicted octanol–water partition coefficient (Wildman–Crippen LogP) is 4.38. The van der Waals surface area contributed by atoms with E-state index < -0.39 is 0 Å². The number of para-hydroxylation sites is 1. The van der Waals surface area contributed by atoms with Crippen molar-refractivity contribution < 1.29 is 9.53 Å². The molecule has 0 fully saturated rings. The second-order valence-electron chi connectivity index (χ2n) is 6.38. The van der Waals surface area contributed by atoms with Crippen LogP contribution in [-0.2, 0) is 16.8 Å². The highest BCUT2D eigenvalue weighted by molar-refractivity contribution is 6.04. The van der Waals surface area contributed by atoms with Gasteiger partial charge in [-0.05, 0) is 34.7 Å². The minimum absolute atomic E-state index is 0.0216. The van der Waals surface area contributed by atoms with Crippen LogP contribution < -0.4 is 5.32 Å². The molecule has 0 aliphatic rings. The van der Waals surface area contributed by atoms with E-state index in [9.17, 15) is 4.79 Å². The molecule has 0 unspecified atom stereocenters.